The number of carbonyl (C=O) groups is 2. The average Bonchev–Trinajstić information content (AvgIpc) is 3.39. The fourth-order valence-electron chi connectivity index (χ4n) is 4.71. The Balaban J connectivity index is 1.25. The lowest BCUT2D eigenvalue weighted by Gasteiger charge is -2.42. The summed E-state index contributed by atoms with van der Waals surface area (Å²) in [4.78, 5) is 33.0. The van der Waals surface area contributed by atoms with E-state index in [1.165, 1.54) is 6.07 Å². The van der Waals surface area contributed by atoms with E-state index in [0.29, 0.717) is 32.5 Å². The van der Waals surface area contributed by atoms with Gasteiger partial charge in [-0.1, -0.05) is 17.3 Å². The number of nitrogens with zero attached hydrogens (tertiary/aromatic N) is 4. The Kier molecular flexibility index (Phi) is 4.34. The number of halogens is 1. The van der Waals surface area contributed by atoms with Gasteiger partial charge in [-0.3, -0.25) is 9.59 Å². The topological polar surface area (TPSA) is 88.8 Å². The highest BCUT2D eigenvalue weighted by molar-refractivity contribution is 5.84. The molecule has 1 aromatic heterocycles. The molecule has 9 heteroatoms. The van der Waals surface area contributed by atoms with E-state index in [-0.39, 0.29) is 48.0 Å². The van der Waals surface area contributed by atoms with E-state index in [2.05, 4.69) is 10.1 Å². The molecule has 0 saturated carbocycles. The molecule has 8 nitrogen and oxygen atoms in total. The minimum atomic E-state index is -0.645. The van der Waals surface area contributed by atoms with Gasteiger partial charge in [-0.05, 0) is 18.6 Å². The monoisotopic (exact) mass is 400 g/mol. The van der Waals surface area contributed by atoms with Crippen molar-refractivity contribution in [2.75, 3.05) is 19.7 Å². The van der Waals surface area contributed by atoms with Gasteiger partial charge in [0.15, 0.2) is 5.72 Å². The Morgan fingerprint density at radius 1 is 1.31 bits per heavy atom. The molecule has 3 saturated heterocycles. The number of amides is 2. The minimum Gasteiger partial charge on any atom is -0.353 e. The third-order valence-corrected chi connectivity index (χ3v) is 6.07. The van der Waals surface area contributed by atoms with Crippen LogP contribution in [0, 0.1) is 5.82 Å². The standard InChI is InChI=1S/C20H21FN4O4/c21-14-5-2-1-4-13(14)19-22-16(29-23-19)6-7-17(26)24-10-8-20-15(24)12-18(27)25(20)9-3-11-28-20/h1-2,4-5,15H,3,6-12H2/t15-,20+/m1/s1. The first kappa shape index (κ1) is 18.2. The van der Waals surface area contributed by atoms with Crippen molar-refractivity contribution in [2.24, 2.45) is 0 Å². The van der Waals surface area contributed by atoms with Crippen molar-refractivity contribution in [3.8, 4) is 11.4 Å². The van der Waals surface area contributed by atoms with Crippen LogP contribution in [0.5, 0.6) is 0 Å². The van der Waals surface area contributed by atoms with E-state index in [0.717, 1.165) is 6.42 Å². The zero-order chi connectivity index (χ0) is 20.0. The third-order valence-electron chi connectivity index (χ3n) is 6.07. The van der Waals surface area contributed by atoms with Crippen LogP contribution in [0.15, 0.2) is 28.8 Å². The molecule has 0 radical (unpaired) electrons. The highest BCUT2D eigenvalue weighted by atomic mass is 19.1. The van der Waals surface area contributed by atoms with Crippen molar-refractivity contribution in [3.63, 3.8) is 0 Å². The highest BCUT2D eigenvalue weighted by Crippen LogP contribution is 2.45. The fraction of sp³-hybridized carbons (Fsp3) is 0.500. The number of aromatic nitrogens is 2. The maximum Gasteiger partial charge on any atom is 0.227 e. The smallest absolute Gasteiger partial charge is 0.227 e. The van der Waals surface area contributed by atoms with Gasteiger partial charge < -0.3 is 19.1 Å². The van der Waals surface area contributed by atoms with Gasteiger partial charge in [0.05, 0.1) is 24.6 Å². The van der Waals surface area contributed by atoms with E-state index in [4.69, 9.17) is 9.26 Å². The van der Waals surface area contributed by atoms with E-state index in [1.54, 1.807) is 23.1 Å². The number of hydrogen-bond donors (Lipinski definition) is 0. The minimum absolute atomic E-state index is 0.0543. The van der Waals surface area contributed by atoms with Gasteiger partial charge in [0, 0.05) is 32.4 Å². The number of benzene rings is 1. The number of carbonyl (C=O) groups excluding carboxylic acids is 2. The van der Waals surface area contributed by atoms with Crippen molar-refractivity contribution in [1.82, 2.24) is 19.9 Å². The number of aryl methyl sites for hydroxylation is 1. The van der Waals surface area contributed by atoms with Gasteiger partial charge in [-0.25, -0.2) is 4.39 Å². The molecule has 0 N–H and O–H groups in total. The first-order valence-corrected chi connectivity index (χ1v) is 9.90. The van der Waals surface area contributed by atoms with Crippen LogP contribution >= 0.6 is 0 Å². The summed E-state index contributed by atoms with van der Waals surface area (Å²) in [5, 5.41) is 3.82. The van der Waals surface area contributed by atoms with Crippen LogP contribution in [0.25, 0.3) is 11.4 Å². The number of hydrogen-bond acceptors (Lipinski definition) is 6. The second-order valence-electron chi connectivity index (χ2n) is 7.64. The van der Waals surface area contributed by atoms with Gasteiger partial charge in [-0.2, -0.15) is 4.98 Å². The molecule has 0 bridgehead atoms. The Labute approximate surface area is 166 Å². The van der Waals surface area contributed by atoms with Crippen molar-refractivity contribution in [3.05, 3.63) is 36.0 Å². The number of rotatable bonds is 4. The van der Waals surface area contributed by atoms with Gasteiger partial charge in [0.25, 0.3) is 0 Å². The first-order chi connectivity index (χ1) is 14.1. The maximum atomic E-state index is 13.9. The van der Waals surface area contributed by atoms with Gasteiger partial charge in [-0.15, -0.1) is 0 Å². The van der Waals surface area contributed by atoms with Crippen molar-refractivity contribution in [1.29, 1.82) is 0 Å². The van der Waals surface area contributed by atoms with E-state index in [1.807, 2.05) is 4.90 Å². The molecule has 2 atom stereocenters. The Hall–Kier alpha value is -2.81. The van der Waals surface area contributed by atoms with Crippen LogP contribution < -0.4 is 0 Å². The lowest BCUT2D eigenvalue weighted by atomic mass is 10.0. The predicted molar refractivity (Wildman–Crippen MR) is 97.8 cm³/mol. The molecule has 2 aromatic rings. The van der Waals surface area contributed by atoms with Gasteiger partial charge >= 0.3 is 0 Å². The summed E-state index contributed by atoms with van der Waals surface area (Å²) in [6.07, 6.45) is 2.22. The SMILES string of the molecule is O=C(CCc1nc(-c2ccccc2F)no1)N1CC[C@@]23OCCCN2C(=O)C[C@@H]13. The Morgan fingerprint density at radius 3 is 3.03 bits per heavy atom. The van der Waals surface area contributed by atoms with Crippen molar-refractivity contribution < 1.29 is 23.2 Å². The third kappa shape index (κ3) is 2.91. The first-order valence-electron chi connectivity index (χ1n) is 9.90. The van der Waals surface area contributed by atoms with Gasteiger partial charge in [0.1, 0.15) is 5.82 Å². The Bertz CT molecular complexity index is 963. The molecule has 0 aliphatic carbocycles. The molecule has 29 heavy (non-hydrogen) atoms. The maximum absolute atomic E-state index is 13.9. The molecule has 1 aromatic carbocycles. The van der Waals surface area contributed by atoms with E-state index < -0.39 is 11.5 Å². The highest BCUT2D eigenvalue weighted by Gasteiger charge is 2.61. The lowest BCUT2D eigenvalue weighted by molar-refractivity contribution is -0.181. The van der Waals surface area contributed by atoms with E-state index >= 15 is 0 Å². The molecule has 3 aliphatic heterocycles. The van der Waals surface area contributed by atoms with E-state index in [9.17, 15) is 14.0 Å². The number of likely N-dealkylation sites (tertiary alicyclic amines) is 1. The van der Waals surface area contributed by atoms with Crippen LogP contribution in [-0.2, 0) is 20.7 Å². The van der Waals surface area contributed by atoms with Crippen LogP contribution in [0.1, 0.15) is 31.6 Å². The molecule has 5 rings (SSSR count). The summed E-state index contributed by atoms with van der Waals surface area (Å²) >= 11 is 0. The molecule has 3 fully saturated rings. The molecular weight excluding hydrogens is 379 g/mol. The zero-order valence-corrected chi connectivity index (χ0v) is 15.8. The largest absolute Gasteiger partial charge is 0.353 e. The fourth-order valence-corrected chi connectivity index (χ4v) is 4.71. The summed E-state index contributed by atoms with van der Waals surface area (Å²) in [6, 6.07) is 5.95. The summed E-state index contributed by atoms with van der Waals surface area (Å²) in [6.45, 7) is 1.87. The second-order valence-corrected chi connectivity index (χ2v) is 7.64. The normalized spacial score (nSPS) is 26.0. The zero-order valence-electron chi connectivity index (χ0n) is 15.8. The molecule has 2 amide bonds. The van der Waals surface area contributed by atoms with Gasteiger partial charge in [0.2, 0.25) is 23.5 Å². The summed E-state index contributed by atoms with van der Waals surface area (Å²) in [7, 11) is 0. The van der Waals surface area contributed by atoms with Crippen molar-refractivity contribution in [2.45, 2.75) is 43.9 Å². The summed E-state index contributed by atoms with van der Waals surface area (Å²) in [5.41, 5.74) is -0.387. The van der Waals surface area contributed by atoms with Crippen LogP contribution in [0.4, 0.5) is 4.39 Å². The molecule has 152 valence electrons. The molecular formula is C20H21FN4O4. The van der Waals surface area contributed by atoms with Crippen LogP contribution in [0.2, 0.25) is 0 Å². The molecule has 0 unspecified atom stereocenters. The second kappa shape index (κ2) is 6.91. The average molecular weight is 400 g/mol. The molecule has 3 aliphatic rings. The quantitative estimate of drug-likeness (QED) is 0.777. The predicted octanol–water partition coefficient (Wildman–Crippen LogP) is 1.76. The Morgan fingerprint density at radius 2 is 2.17 bits per heavy atom. The van der Waals surface area contributed by atoms with Crippen LogP contribution in [0.3, 0.4) is 0 Å². The van der Waals surface area contributed by atoms with Crippen molar-refractivity contribution >= 4 is 11.8 Å². The number of ether oxygens (including phenoxy) is 1. The van der Waals surface area contributed by atoms with Crippen LogP contribution in [-0.4, -0.2) is 63.2 Å². The summed E-state index contributed by atoms with van der Waals surface area (Å²) in [5.74, 6) is 0.00284. The molecule has 1 spiro atoms. The summed E-state index contributed by atoms with van der Waals surface area (Å²) < 4.78 is 25.1. The molecule has 4 heterocycles. The lowest BCUT2D eigenvalue weighted by Crippen LogP contribution is -2.56.